The molecule has 2 heteroatoms. The van der Waals surface area contributed by atoms with Gasteiger partial charge in [-0.15, -0.1) is 0 Å². The Bertz CT molecular complexity index is 536. The maximum absolute atomic E-state index is 11.4. The topological polar surface area (TPSA) is 20.2 Å². The van der Waals surface area contributed by atoms with Gasteiger partial charge in [0.1, 0.15) is 5.60 Å². The first-order valence-corrected chi connectivity index (χ1v) is 8.09. The van der Waals surface area contributed by atoms with Crippen molar-refractivity contribution in [2.75, 3.05) is 6.26 Å². The van der Waals surface area contributed by atoms with Crippen LogP contribution in [0.4, 0.5) is 0 Å². The lowest BCUT2D eigenvalue weighted by Crippen LogP contribution is -2.46. The number of hydrogen-bond donors (Lipinski definition) is 1. The van der Waals surface area contributed by atoms with Crippen LogP contribution in [0.3, 0.4) is 0 Å². The van der Waals surface area contributed by atoms with Gasteiger partial charge in [-0.25, -0.2) is 0 Å². The first-order chi connectivity index (χ1) is 9.49. The highest BCUT2D eigenvalue weighted by atomic mass is 32.2. The second-order valence-corrected chi connectivity index (χ2v) is 7.03. The fourth-order valence-corrected chi connectivity index (χ4v) is 2.96. The first kappa shape index (κ1) is 15.1. The molecular formula is C18H22OS. The van der Waals surface area contributed by atoms with Crippen molar-refractivity contribution in [1.29, 1.82) is 0 Å². The summed E-state index contributed by atoms with van der Waals surface area (Å²) in [5.74, 6) is 0. The Kier molecular flexibility index (Phi) is 4.56. The van der Waals surface area contributed by atoms with E-state index in [4.69, 9.17) is 0 Å². The molecule has 20 heavy (non-hydrogen) atoms. The van der Waals surface area contributed by atoms with Crippen LogP contribution < -0.4 is 0 Å². The average Bonchev–Trinajstić information content (AvgIpc) is 2.49. The van der Waals surface area contributed by atoms with Gasteiger partial charge in [0.2, 0.25) is 0 Å². The van der Waals surface area contributed by atoms with E-state index < -0.39 is 5.60 Å². The first-order valence-electron chi connectivity index (χ1n) is 6.86. The van der Waals surface area contributed by atoms with E-state index in [-0.39, 0.29) is 4.75 Å². The van der Waals surface area contributed by atoms with Crippen molar-refractivity contribution in [3.63, 3.8) is 0 Å². The lowest BCUT2D eigenvalue weighted by atomic mass is 9.78. The Morgan fingerprint density at radius 2 is 1.40 bits per heavy atom. The van der Waals surface area contributed by atoms with E-state index in [1.807, 2.05) is 48.5 Å². The maximum Gasteiger partial charge on any atom is 0.108 e. The Hall–Kier alpha value is -1.25. The van der Waals surface area contributed by atoms with E-state index in [2.05, 4.69) is 32.2 Å². The molecule has 0 heterocycles. The standard InChI is InChI=1S/C18H22OS/c1-17(2,20-3)18(19,16-12-8-5-9-13-16)14-15-10-6-4-7-11-15/h4-13,19H,14H2,1-3H3. The summed E-state index contributed by atoms with van der Waals surface area (Å²) in [5, 5.41) is 11.4. The molecule has 0 aromatic heterocycles. The molecule has 0 amide bonds. The Morgan fingerprint density at radius 3 is 1.90 bits per heavy atom. The van der Waals surface area contributed by atoms with Crippen LogP contribution >= 0.6 is 11.8 Å². The SMILES string of the molecule is CSC(C)(C)C(O)(Cc1ccccc1)c1ccccc1. The molecule has 0 spiro atoms. The number of aliphatic hydroxyl groups is 1. The highest BCUT2D eigenvalue weighted by Gasteiger charge is 2.44. The van der Waals surface area contributed by atoms with Crippen LogP contribution in [0.2, 0.25) is 0 Å². The summed E-state index contributed by atoms with van der Waals surface area (Å²) in [5.41, 5.74) is 1.24. The van der Waals surface area contributed by atoms with E-state index in [9.17, 15) is 5.11 Å². The molecule has 0 saturated carbocycles. The van der Waals surface area contributed by atoms with Crippen LogP contribution in [0.5, 0.6) is 0 Å². The van der Waals surface area contributed by atoms with Crippen LogP contribution in [0.25, 0.3) is 0 Å². The van der Waals surface area contributed by atoms with E-state index in [0.717, 1.165) is 11.1 Å². The average molecular weight is 286 g/mol. The molecule has 1 nitrogen and oxygen atoms in total. The Balaban J connectivity index is 2.45. The number of rotatable bonds is 5. The van der Waals surface area contributed by atoms with Gasteiger partial charge in [-0.2, -0.15) is 11.8 Å². The molecule has 1 N–H and O–H groups in total. The summed E-state index contributed by atoms with van der Waals surface area (Å²) in [6.45, 7) is 4.21. The number of hydrogen-bond acceptors (Lipinski definition) is 2. The van der Waals surface area contributed by atoms with Gasteiger partial charge in [0.05, 0.1) is 0 Å². The van der Waals surface area contributed by atoms with Gasteiger partial charge in [0.15, 0.2) is 0 Å². The third-order valence-corrected chi connectivity index (χ3v) is 5.42. The summed E-state index contributed by atoms with van der Waals surface area (Å²) in [7, 11) is 0. The van der Waals surface area contributed by atoms with Crippen molar-refractivity contribution < 1.29 is 5.11 Å². The fraction of sp³-hybridized carbons (Fsp3) is 0.333. The van der Waals surface area contributed by atoms with E-state index in [1.54, 1.807) is 11.8 Å². The molecule has 2 aromatic rings. The van der Waals surface area contributed by atoms with Crippen LogP contribution in [-0.2, 0) is 12.0 Å². The predicted octanol–water partition coefficient (Wildman–Crippen LogP) is 4.26. The Morgan fingerprint density at radius 1 is 0.900 bits per heavy atom. The summed E-state index contributed by atoms with van der Waals surface area (Å²) < 4.78 is -0.274. The van der Waals surface area contributed by atoms with Crippen LogP contribution in [0.15, 0.2) is 60.7 Å². The summed E-state index contributed by atoms with van der Waals surface area (Å²) in [4.78, 5) is 0. The molecule has 0 radical (unpaired) electrons. The summed E-state index contributed by atoms with van der Waals surface area (Å²) in [6, 6.07) is 20.2. The zero-order valence-corrected chi connectivity index (χ0v) is 13.2. The molecule has 2 aromatic carbocycles. The second kappa shape index (κ2) is 6.02. The highest BCUT2D eigenvalue weighted by Crippen LogP contribution is 2.43. The third-order valence-electron chi connectivity index (χ3n) is 4.06. The van der Waals surface area contributed by atoms with Crippen molar-refractivity contribution in [2.24, 2.45) is 0 Å². The zero-order chi connectivity index (χ0) is 14.6. The van der Waals surface area contributed by atoms with Crippen LogP contribution in [0.1, 0.15) is 25.0 Å². The quantitative estimate of drug-likeness (QED) is 0.886. The lowest BCUT2D eigenvalue weighted by Gasteiger charge is -2.42. The molecule has 0 saturated heterocycles. The molecular weight excluding hydrogens is 264 g/mol. The van der Waals surface area contributed by atoms with Crippen molar-refractivity contribution >= 4 is 11.8 Å². The van der Waals surface area contributed by atoms with Crippen LogP contribution in [-0.4, -0.2) is 16.1 Å². The fourth-order valence-electron chi connectivity index (χ4n) is 2.44. The molecule has 1 atom stereocenters. The van der Waals surface area contributed by atoms with E-state index >= 15 is 0 Å². The van der Waals surface area contributed by atoms with Crippen molar-refractivity contribution in [3.05, 3.63) is 71.8 Å². The Labute approximate surface area is 126 Å². The van der Waals surface area contributed by atoms with Gasteiger partial charge in [-0.1, -0.05) is 60.7 Å². The third kappa shape index (κ3) is 2.92. The highest BCUT2D eigenvalue weighted by molar-refractivity contribution is 8.00. The minimum absolute atomic E-state index is 0.274. The molecule has 0 aliphatic heterocycles. The van der Waals surface area contributed by atoms with Crippen molar-refractivity contribution in [1.82, 2.24) is 0 Å². The predicted molar refractivity (Wildman–Crippen MR) is 88.1 cm³/mol. The van der Waals surface area contributed by atoms with Crippen molar-refractivity contribution in [3.8, 4) is 0 Å². The molecule has 106 valence electrons. The molecule has 0 bridgehead atoms. The largest absolute Gasteiger partial charge is 0.383 e. The van der Waals surface area contributed by atoms with Gasteiger partial charge in [0.25, 0.3) is 0 Å². The molecule has 0 aliphatic carbocycles. The normalized spacial score (nSPS) is 14.8. The summed E-state index contributed by atoms with van der Waals surface area (Å²) >= 11 is 1.70. The maximum atomic E-state index is 11.4. The second-order valence-electron chi connectivity index (χ2n) is 5.60. The molecule has 1 unspecified atom stereocenters. The van der Waals surface area contributed by atoms with Gasteiger partial charge in [0, 0.05) is 11.2 Å². The van der Waals surface area contributed by atoms with Crippen LogP contribution in [0, 0.1) is 0 Å². The number of benzene rings is 2. The van der Waals surface area contributed by atoms with E-state index in [0.29, 0.717) is 6.42 Å². The van der Waals surface area contributed by atoms with Gasteiger partial charge in [-0.3, -0.25) is 0 Å². The molecule has 0 aliphatic rings. The van der Waals surface area contributed by atoms with E-state index in [1.165, 1.54) is 0 Å². The van der Waals surface area contributed by atoms with Gasteiger partial charge < -0.3 is 5.11 Å². The molecule has 2 rings (SSSR count). The summed E-state index contributed by atoms with van der Waals surface area (Å²) in [6.07, 6.45) is 2.67. The lowest BCUT2D eigenvalue weighted by molar-refractivity contribution is 0.00655. The smallest absolute Gasteiger partial charge is 0.108 e. The minimum atomic E-state index is -0.894. The molecule has 0 fully saturated rings. The van der Waals surface area contributed by atoms with Gasteiger partial charge >= 0.3 is 0 Å². The zero-order valence-electron chi connectivity index (χ0n) is 12.3. The number of thioether (sulfide) groups is 1. The van der Waals surface area contributed by atoms with Gasteiger partial charge in [-0.05, 0) is 31.2 Å². The minimum Gasteiger partial charge on any atom is -0.383 e. The van der Waals surface area contributed by atoms with Crippen molar-refractivity contribution in [2.45, 2.75) is 30.6 Å². The monoisotopic (exact) mass is 286 g/mol.